The summed E-state index contributed by atoms with van der Waals surface area (Å²) in [4.78, 5) is 26.7. The van der Waals surface area contributed by atoms with Gasteiger partial charge >= 0.3 is 0 Å². The third-order valence-corrected chi connectivity index (χ3v) is 11.2. The first-order valence-corrected chi connectivity index (χ1v) is 12.6. The summed E-state index contributed by atoms with van der Waals surface area (Å²) < 4.78 is 0. The molecule has 0 N–H and O–H groups in total. The van der Waals surface area contributed by atoms with Crippen molar-refractivity contribution in [3.05, 3.63) is 118 Å². The summed E-state index contributed by atoms with van der Waals surface area (Å²) in [6.07, 6.45) is 0. The standard InChI is InChI=1S/C26H16Cl2O2Si/c27-17-11-13-21-23(15-17)31(19-7-3-1-4-8-19,20-9-5-2-6-10-20)24-16-18(28)12-14-22(24)26(30)25(21)29/h1-16H. The number of Topliss-reactive ketones (excluding diaryl/α,β-unsaturated/α-hetero) is 2. The van der Waals surface area contributed by atoms with E-state index in [1.165, 1.54) is 0 Å². The summed E-state index contributed by atoms with van der Waals surface area (Å²) in [5.41, 5.74) is 0.808. The van der Waals surface area contributed by atoms with Gasteiger partial charge in [0, 0.05) is 21.2 Å². The van der Waals surface area contributed by atoms with Crippen LogP contribution in [0.4, 0.5) is 0 Å². The van der Waals surface area contributed by atoms with Crippen molar-refractivity contribution in [2.45, 2.75) is 0 Å². The minimum absolute atomic E-state index is 0.404. The van der Waals surface area contributed by atoms with Gasteiger partial charge in [-0.15, -0.1) is 0 Å². The van der Waals surface area contributed by atoms with E-state index in [4.69, 9.17) is 23.2 Å². The molecule has 4 aromatic carbocycles. The van der Waals surface area contributed by atoms with Crippen LogP contribution in [0.2, 0.25) is 10.0 Å². The molecule has 0 atom stereocenters. The Labute approximate surface area is 191 Å². The fraction of sp³-hybridized carbons (Fsp3) is 0. The Morgan fingerprint density at radius 3 is 1.29 bits per heavy atom. The molecule has 31 heavy (non-hydrogen) atoms. The summed E-state index contributed by atoms with van der Waals surface area (Å²) in [7, 11) is -3.08. The van der Waals surface area contributed by atoms with E-state index in [1.807, 2.05) is 48.5 Å². The number of benzene rings is 4. The quantitative estimate of drug-likeness (QED) is 0.338. The van der Waals surface area contributed by atoms with Gasteiger partial charge in [-0.3, -0.25) is 9.59 Å². The molecule has 5 rings (SSSR count). The number of halogens is 2. The van der Waals surface area contributed by atoms with Crippen LogP contribution in [-0.4, -0.2) is 19.6 Å². The predicted molar refractivity (Wildman–Crippen MR) is 129 cm³/mol. The second-order valence-corrected chi connectivity index (χ2v) is 12.1. The van der Waals surface area contributed by atoms with Gasteiger partial charge in [0.2, 0.25) is 11.6 Å². The Hall–Kier alpha value is -2.98. The molecule has 0 saturated carbocycles. The number of carbonyl (C=O) groups is 2. The maximum Gasteiger partial charge on any atom is 0.233 e. The van der Waals surface area contributed by atoms with Crippen molar-refractivity contribution in [1.29, 1.82) is 0 Å². The van der Waals surface area contributed by atoms with Gasteiger partial charge in [-0.25, -0.2) is 0 Å². The zero-order valence-corrected chi connectivity index (χ0v) is 18.8. The zero-order valence-electron chi connectivity index (χ0n) is 16.3. The van der Waals surface area contributed by atoms with Crippen LogP contribution in [0.3, 0.4) is 0 Å². The molecule has 0 unspecified atom stereocenters. The molecule has 0 saturated heterocycles. The SMILES string of the molecule is O=C1C(=O)c2ccc(Cl)cc2[Si](c2ccccc2)(c2ccccc2)c2cc(Cl)ccc21. The lowest BCUT2D eigenvalue weighted by atomic mass is 10.0. The second kappa shape index (κ2) is 7.61. The van der Waals surface area contributed by atoms with E-state index in [0.717, 1.165) is 20.7 Å². The van der Waals surface area contributed by atoms with Crippen LogP contribution in [0.1, 0.15) is 20.7 Å². The van der Waals surface area contributed by atoms with E-state index < -0.39 is 19.6 Å². The summed E-state index contributed by atoms with van der Waals surface area (Å²) in [6, 6.07) is 30.5. The van der Waals surface area contributed by atoms with Crippen LogP contribution in [0.5, 0.6) is 0 Å². The fourth-order valence-electron chi connectivity index (χ4n) is 4.60. The van der Waals surface area contributed by atoms with Crippen LogP contribution >= 0.6 is 23.2 Å². The minimum Gasteiger partial charge on any atom is -0.285 e. The van der Waals surface area contributed by atoms with Crippen molar-refractivity contribution in [3.8, 4) is 0 Å². The highest BCUT2D eigenvalue weighted by molar-refractivity contribution is 7.21. The first-order chi connectivity index (χ1) is 15.0. The topological polar surface area (TPSA) is 34.1 Å². The molecule has 2 nitrogen and oxygen atoms in total. The van der Waals surface area contributed by atoms with Crippen molar-refractivity contribution in [2.75, 3.05) is 0 Å². The number of ketones is 2. The van der Waals surface area contributed by atoms with Gasteiger partial charge < -0.3 is 0 Å². The molecule has 0 fully saturated rings. The van der Waals surface area contributed by atoms with Crippen LogP contribution < -0.4 is 20.7 Å². The van der Waals surface area contributed by atoms with Crippen molar-refractivity contribution in [1.82, 2.24) is 0 Å². The van der Waals surface area contributed by atoms with Crippen molar-refractivity contribution < 1.29 is 9.59 Å². The number of carbonyl (C=O) groups excluding carboxylic acids is 2. The summed E-state index contributed by atoms with van der Waals surface area (Å²) in [5.74, 6) is -1.03. The molecule has 0 spiro atoms. The summed E-state index contributed by atoms with van der Waals surface area (Å²) >= 11 is 12.9. The van der Waals surface area contributed by atoms with E-state index >= 15 is 0 Å². The van der Waals surface area contributed by atoms with Crippen LogP contribution in [0.25, 0.3) is 0 Å². The Morgan fingerprint density at radius 2 is 0.903 bits per heavy atom. The molecule has 1 heterocycles. The van der Waals surface area contributed by atoms with Gasteiger partial charge in [0.05, 0.1) is 0 Å². The van der Waals surface area contributed by atoms with Crippen molar-refractivity contribution >= 4 is 63.6 Å². The average Bonchev–Trinajstić information content (AvgIpc) is 2.87. The molecule has 0 amide bonds. The summed E-state index contributed by atoms with van der Waals surface area (Å²) in [6.45, 7) is 0. The average molecular weight is 459 g/mol. The second-order valence-electron chi connectivity index (χ2n) is 7.52. The maximum absolute atomic E-state index is 13.3. The molecular weight excluding hydrogens is 443 g/mol. The predicted octanol–water partition coefficient (Wildman–Crippen LogP) is 3.75. The number of hydrogen-bond acceptors (Lipinski definition) is 2. The Kier molecular flexibility index (Phi) is 4.90. The third-order valence-electron chi connectivity index (χ3n) is 5.88. The first-order valence-electron chi connectivity index (χ1n) is 9.83. The van der Waals surface area contributed by atoms with Gasteiger partial charge in [-0.05, 0) is 57.1 Å². The lowest BCUT2D eigenvalue weighted by Crippen LogP contribution is -2.75. The third kappa shape index (κ3) is 3.00. The van der Waals surface area contributed by atoms with Gasteiger partial charge in [0.15, 0.2) is 8.07 Å². The molecule has 150 valence electrons. The normalized spacial score (nSPS) is 14.5. The largest absolute Gasteiger partial charge is 0.285 e. The Balaban J connectivity index is 2.08. The highest BCUT2D eigenvalue weighted by atomic mass is 35.5. The minimum atomic E-state index is -3.08. The van der Waals surface area contributed by atoms with E-state index in [2.05, 4.69) is 24.3 Å². The molecule has 1 aliphatic rings. The molecule has 0 radical (unpaired) electrons. The summed E-state index contributed by atoms with van der Waals surface area (Å²) in [5, 5.41) is 4.75. The molecule has 0 aliphatic carbocycles. The first kappa shape index (κ1) is 19.9. The van der Waals surface area contributed by atoms with Crippen LogP contribution in [0, 0.1) is 0 Å². The molecular formula is C26H16Cl2O2Si. The van der Waals surface area contributed by atoms with Gasteiger partial charge in [-0.2, -0.15) is 0 Å². The van der Waals surface area contributed by atoms with E-state index in [9.17, 15) is 9.59 Å². The van der Waals surface area contributed by atoms with Crippen molar-refractivity contribution in [2.24, 2.45) is 0 Å². The molecule has 0 bridgehead atoms. The molecule has 0 aromatic heterocycles. The lowest BCUT2D eigenvalue weighted by Gasteiger charge is -2.35. The molecule has 1 aliphatic heterocycles. The van der Waals surface area contributed by atoms with Crippen LogP contribution in [0.15, 0.2) is 97.1 Å². The molecule has 5 heteroatoms. The van der Waals surface area contributed by atoms with Crippen molar-refractivity contribution in [3.63, 3.8) is 0 Å². The molecule has 4 aromatic rings. The van der Waals surface area contributed by atoms with Crippen LogP contribution in [-0.2, 0) is 0 Å². The van der Waals surface area contributed by atoms with E-state index in [0.29, 0.717) is 21.2 Å². The monoisotopic (exact) mass is 458 g/mol. The fourth-order valence-corrected chi connectivity index (χ4v) is 10.3. The smallest absolute Gasteiger partial charge is 0.233 e. The maximum atomic E-state index is 13.3. The highest BCUT2D eigenvalue weighted by Gasteiger charge is 2.48. The number of hydrogen-bond donors (Lipinski definition) is 0. The number of fused-ring (bicyclic) bond motifs is 2. The number of rotatable bonds is 2. The highest BCUT2D eigenvalue weighted by Crippen LogP contribution is 2.23. The van der Waals surface area contributed by atoms with Gasteiger partial charge in [0.1, 0.15) is 0 Å². The van der Waals surface area contributed by atoms with Gasteiger partial charge in [0.25, 0.3) is 0 Å². The van der Waals surface area contributed by atoms with Gasteiger partial charge in [-0.1, -0.05) is 83.9 Å². The Bertz CT molecular complexity index is 1230. The van der Waals surface area contributed by atoms with E-state index in [-0.39, 0.29) is 0 Å². The van der Waals surface area contributed by atoms with E-state index in [1.54, 1.807) is 24.3 Å². The zero-order chi connectivity index (χ0) is 21.6. The lowest BCUT2D eigenvalue weighted by molar-refractivity contribution is 0.0818. The Morgan fingerprint density at radius 1 is 0.516 bits per heavy atom.